The van der Waals surface area contributed by atoms with Crippen LogP contribution < -0.4 is 10.2 Å². The van der Waals surface area contributed by atoms with Crippen LogP contribution in [-0.4, -0.2) is 24.0 Å². The minimum absolute atomic E-state index is 0.208. The van der Waals surface area contributed by atoms with Crippen molar-refractivity contribution in [2.24, 2.45) is 0 Å². The highest BCUT2D eigenvalue weighted by atomic mass is 79.9. The number of fused-ring (bicyclic) bond motifs is 1. The number of carbonyl (C=O) groups excluding carboxylic acids is 1. The summed E-state index contributed by atoms with van der Waals surface area (Å²) in [5.41, 5.74) is 2.54. The molecule has 1 aliphatic heterocycles. The molecular formula is C21H22BrN3O2. The molecule has 0 saturated carbocycles. The molecule has 3 heterocycles. The number of hydrogen-bond acceptors (Lipinski definition) is 4. The van der Waals surface area contributed by atoms with Crippen LogP contribution in [0, 0.1) is 6.92 Å². The summed E-state index contributed by atoms with van der Waals surface area (Å²) in [6, 6.07) is 9.81. The number of anilines is 1. The SMILES string of the molecule is Cc1c(C(=O)NCc2ccc(N3CCCCC3)nc2)oc2ccc(Br)cc12. The third-order valence-corrected chi connectivity index (χ3v) is 5.54. The van der Waals surface area contributed by atoms with Gasteiger partial charge in [0.1, 0.15) is 11.4 Å². The van der Waals surface area contributed by atoms with Gasteiger partial charge in [0.15, 0.2) is 5.76 Å². The molecule has 1 N–H and O–H groups in total. The number of benzene rings is 1. The fraction of sp³-hybridized carbons (Fsp3) is 0.333. The second-order valence-corrected chi connectivity index (χ2v) is 7.87. The first kappa shape index (κ1) is 18.0. The number of piperidine rings is 1. The smallest absolute Gasteiger partial charge is 0.287 e. The van der Waals surface area contributed by atoms with E-state index in [4.69, 9.17) is 4.42 Å². The topological polar surface area (TPSA) is 58.4 Å². The molecule has 1 fully saturated rings. The Morgan fingerprint density at radius 3 is 2.78 bits per heavy atom. The summed E-state index contributed by atoms with van der Waals surface area (Å²) >= 11 is 3.46. The fourth-order valence-corrected chi connectivity index (χ4v) is 3.86. The highest BCUT2D eigenvalue weighted by Gasteiger charge is 2.18. The first-order valence-corrected chi connectivity index (χ1v) is 10.1. The Morgan fingerprint density at radius 1 is 1.22 bits per heavy atom. The highest BCUT2D eigenvalue weighted by molar-refractivity contribution is 9.10. The van der Waals surface area contributed by atoms with Crippen LogP contribution in [0.15, 0.2) is 45.4 Å². The number of aromatic nitrogens is 1. The number of amides is 1. The number of hydrogen-bond donors (Lipinski definition) is 1. The lowest BCUT2D eigenvalue weighted by molar-refractivity contribution is 0.0924. The van der Waals surface area contributed by atoms with E-state index in [0.29, 0.717) is 17.9 Å². The molecule has 4 rings (SSSR count). The van der Waals surface area contributed by atoms with Gasteiger partial charge in [0.25, 0.3) is 5.91 Å². The highest BCUT2D eigenvalue weighted by Crippen LogP contribution is 2.28. The molecule has 140 valence electrons. The summed E-state index contributed by atoms with van der Waals surface area (Å²) in [6.45, 7) is 4.48. The molecule has 2 aromatic heterocycles. The standard InChI is InChI=1S/C21H22BrN3O2/c1-14-17-11-16(22)6-7-18(17)27-20(14)21(26)24-13-15-5-8-19(23-12-15)25-9-3-2-4-10-25/h5-8,11-12H,2-4,9-10,13H2,1H3,(H,24,26). The van der Waals surface area contributed by atoms with Crippen molar-refractivity contribution < 1.29 is 9.21 Å². The molecule has 1 aromatic carbocycles. The van der Waals surface area contributed by atoms with Crippen molar-refractivity contribution in [3.8, 4) is 0 Å². The lowest BCUT2D eigenvalue weighted by Crippen LogP contribution is -2.30. The monoisotopic (exact) mass is 427 g/mol. The van der Waals surface area contributed by atoms with Crippen molar-refractivity contribution in [1.82, 2.24) is 10.3 Å². The Bertz CT molecular complexity index is 959. The molecule has 27 heavy (non-hydrogen) atoms. The van der Waals surface area contributed by atoms with Gasteiger partial charge in [0, 0.05) is 41.3 Å². The zero-order chi connectivity index (χ0) is 18.8. The van der Waals surface area contributed by atoms with E-state index in [2.05, 4.69) is 31.1 Å². The Morgan fingerprint density at radius 2 is 2.04 bits per heavy atom. The van der Waals surface area contributed by atoms with E-state index in [1.54, 1.807) is 0 Å². The van der Waals surface area contributed by atoms with Crippen molar-refractivity contribution in [3.63, 3.8) is 0 Å². The van der Waals surface area contributed by atoms with Gasteiger partial charge in [-0.15, -0.1) is 0 Å². The van der Waals surface area contributed by atoms with Gasteiger partial charge in [0.2, 0.25) is 0 Å². The van der Waals surface area contributed by atoms with Gasteiger partial charge in [-0.05, 0) is 56.0 Å². The second-order valence-electron chi connectivity index (χ2n) is 6.95. The number of nitrogens with zero attached hydrogens (tertiary/aromatic N) is 2. The van der Waals surface area contributed by atoms with E-state index in [0.717, 1.165) is 39.9 Å². The largest absolute Gasteiger partial charge is 0.451 e. The number of rotatable bonds is 4. The Balaban J connectivity index is 1.42. The first-order chi connectivity index (χ1) is 13.1. The molecule has 0 radical (unpaired) electrons. The van der Waals surface area contributed by atoms with Gasteiger partial charge in [-0.2, -0.15) is 0 Å². The molecule has 0 spiro atoms. The third-order valence-electron chi connectivity index (χ3n) is 5.05. The average Bonchev–Trinajstić information content (AvgIpc) is 3.03. The summed E-state index contributed by atoms with van der Waals surface area (Å²) in [5.74, 6) is 1.17. The predicted octanol–water partition coefficient (Wildman–Crippen LogP) is 4.82. The molecule has 1 saturated heterocycles. The minimum Gasteiger partial charge on any atom is -0.451 e. The lowest BCUT2D eigenvalue weighted by atomic mass is 10.1. The number of pyridine rings is 1. The van der Waals surface area contributed by atoms with Crippen LogP contribution in [-0.2, 0) is 6.54 Å². The van der Waals surface area contributed by atoms with Crippen LogP contribution in [0.4, 0.5) is 5.82 Å². The molecule has 0 bridgehead atoms. The van der Waals surface area contributed by atoms with Gasteiger partial charge in [-0.1, -0.05) is 22.0 Å². The number of furan rings is 1. The third kappa shape index (κ3) is 3.86. The Hall–Kier alpha value is -2.34. The number of halogens is 1. The van der Waals surface area contributed by atoms with E-state index in [-0.39, 0.29) is 5.91 Å². The zero-order valence-electron chi connectivity index (χ0n) is 15.3. The maximum absolute atomic E-state index is 12.6. The Kier molecular flexibility index (Phi) is 5.16. The summed E-state index contributed by atoms with van der Waals surface area (Å²) in [4.78, 5) is 19.4. The molecule has 0 aliphatic carbocycles. The van der Waals surface area contributed by atoms with Crippen LogP contribution in [0.1, 0.15) is 40.9 Å². The van der Waals surface area contributed by atoms with Crippen LogP contribution >= 0.6 is 15.9 Å². The van der Waals surface area contributed by atoms with E-state index < -0.39 is 0 Å². The Labute approximate surface area is 166 Å². The molecule has 1 aliphatic rings. The van der Waals surface area contributed by atoms with Gasteiger partial charge >= 0.3 is 0 Å². The molecular weight excluding hydrogens is 406 g/mol. The van der Waals surface area contributed by atoms with Gasteiger partial charge in [0.05, 0.1) is 0 Å². The van der Waals surface area contributed by atoms with Crippen molar-refractivity contribution in [2.45, 2.75) is 32.7 Å². The predicted molar refractivity (Wildman–Crippen MR) is 110 cm³/mol. The molecule has 0 atom stereocenters. The average molecular weight is 428 g/mol. The van der Waals surface area contributed by atoms with Crippen molar-refractivity contribution in [3.05, 3.63) is 57.9 Å². The van der Waals surface area contributed by atoms with E-state index in [9.17, 15) is 4.79 Å². The van der Waals surface area contributed by atoms with Crippen LogP contribution in [0.2, 0.25) is 0 Å². The van der Waals surface area contributed by atoms with E-state index in [1.807, 2.05) is 43.5 Å². The van der Waals surface area contributed by atoms with E-state index >= 15 is 0 Å². The summed E-state index contributed by atoms with van der Waals surface area (Å²) in [7, 11) is 0. The van der Waals surface area contributed by atoms with Crippen molar-refractivity contribution in [1.29, 1.82) is 0 Å². The minimum atomic E-state index is -0.208. The lowest BCUT2D eigenvalue weighted by Gasteiger charge is -2.27. The summed E-state index contributed by atoms with van der Waals surface area (Å²) in [5, 5.41) is 3.88. The molecule has 6 heteroatoms. The molecule has 5 nitrogen and oxygen atoms in total. The normalized spacial score (nSPS) is 14.5. The van der Waals surface area contributed by atoms with Gasteiger partial charge in [-0.3, -0.25) is 4.79 Å². The molecule has 0 unspecified atom stereocenters. The van der Waals surface area contributed by atoms with Crippen LogP contribution in [0.3, 0.4) is 0 Å². The maximum atomic E-state index is 12.6. The summed E-state index contributed by atoms with van der Waals surface area (Å²) in [6.07, 6.45) is 5.60. The number of carbonyl (C=O) groups is 1. The second kappa shape index (κ2) is 7.72. The summed E-state index contributed by atoms with van der Waals surface area (Å²) < 4.78 is 6.71. The van der Waals surface area contributed by atoms with Crippen LogP contribution in [0.25, 0.3) is 11.0 Å². The molecule has 1 amide bonds. The van der Waals surface area contributed by atoms with E-state index in [1.165, 1.54) is 19.3 Å². The van der Waals surface area contributed by atoms with Crippen molar-refractivity contribution >= 4 is 38.6 Å². The van der Waals surface area contributed by atoms with Crippen LogP contribution in [0.5, 0.6) is 0 Å². The quantitative estimate of drug-likeness (QED) is 0.648. The van der Waals surface area contributed by atoms with Crippen molar-refractivity contribution in [2.75, 3.05) is 18.0 Å². The number of aryl methyl sites for hydroxylation is 1. The first-order valence-electron chi connectivity index (χ1n) is 9.28. The molecule has 3 aromatic rings. The fourth-order valence-electron chi connectivity index (χ4n) is 3.50. The maximum Gasteiger partial charge on any atom is 0.287 e. The van der Waals surface area contributed by atoms with Gasteiger partial charge in [-0.25, -0.2) is 4.98 Å². The zero-order valence-corrected chi connectivity index (χ0v) is 16.9. The number of nitrogens with one attached hydrogen (secondary N) is 1. The van der Waals surface area contributed by atoms with Gasteiger partial charge < -0.3 is 14.6 Å².